The fourth-order valence-electron chi connectivity index (χ4n) is 2.09. The van der Waals surface area contributed by atoms with E-state index in [2.05, 4.69) is 21.4 Å². The quantitative estimate of drug-likeness (QED) is 0.615. The Labute approximate surface area is 136 Å². The normalized spacial score (nSPS) is 12.2. The van der Waals surface area contributed by atoms with Crippen molar-refractivity contribution >= 4 is 27.5 Å². The van der Waals surface area contributed by atoms with Gasteiger partial charge in [0.05, 0.1) is 17.6 Å². The monoisotopic (exact) mass is 372 g/mol. The number of benzene rings is 2. The Morgan fingerprint density at radius 1 is 1.33 bits per heavy atom. The van der Waals surface area contributed by atoms with Gasteiger partial charge in [-0.05, 0) is 63.8 Å². The summed E-state index contributed by atoms with van der Waals surface area (Å²) >= 11 is 9.54. The lowest BCUT2D eigenvalue weighted by Gasteiger charge is -2.18. The molecule has 1 unspecified atom stereocenters. The van der Waals surface area contributed by atoms with E-state index in [0.29, 0.717) is 17.0 Å². The number of methoxy groups -OCH3 is 1. The molecule has 1 atom stereocenters. The molecule has 0 aliphatic carbocycles. The van der Waals surface area contributed by atoms with Gasteiger partial charge in [-0.3, -0.25) is 11.3 Å². The van der Waals surface area contributed by atoms with Gasteiger partial charge in [0.2, 0.25) is 0 Å². The van der Waals surface area contributed by atoms with Crippen molar-refractivity contribution < 1.29 is 9.13 Å². The molecule has 6 heteroatoms. The Kier molecular flexibility index (Phi) is 5.58. The predicted molar refractivity (Wildman–Crippen MR) is 85.9 cm³/mol. The molecule has 3 nitrogen and oxygen atoms in total. The zero-order valence-corrected chi connectivity index (χ0v) is 13.7. The summed E-state index contributed by atoms with van der Waals surface area (Å²) in [7, 11) is 1.60. The number of hydrogen-bond donors (Lipinski definition) is 2. The highest BCUT2D eigenvalue weighted by Gasteiger charge is 2.15. The van der Waals surface area contributed by atoms with Gasteiger partial charge in [-0.15, -0.1) is 0 Å². The van der Waals surface area contributed by atoms with Gasteiger partial charge >= 0.3 is 0 Å². The zero-order valence-electron chi connectivity index (χ0n) is 11.4. The molecule has 0 saturated heterocycles. The summed E-state index contributed by atoms with van der Waals surface area (Å²) in [5, 5.41) is 0.518. The van der Waals surface area contributed by atoms with Crippen molar-refractivity contribution in [2.45, 2.75) is 12.5 Å². The van der Waals surface area contributed by atoms with E-state index in [1.165, 1.54) is 12.1 Å². The number of rotatable bonds is 5. The molecule has 3 N–H and O–H groups in total. The van der Waals surface area contributed by atoms with Gasteiger partial charge in [-0.1, -0.05) is 17.7 Å². The molecular formula is C15H15BrClFN2O. The Balaban J connectivity index is 2.27. The third kappa shape index (κ3) is 3.95. The maximum atomic E-state index is 13.3. The van der Waals surface area contributed by atoms with Crippen LogP contribution in [0, 0.1) is 5.82 Å². The van der Waals surface area contributed by atoms with E-state index in [4.69, 9.17) is 22.2 Å². The van der Waals surface area contributed by atoms with Gasteiger partial charge in [0.15, 0.2) is 0 Å². The fraction of sp³-hybridized carbons (Fsp3) is 0.200. The molecule has 0 aliphatic rings. The maximum Gasteiger partial charge on any atom is 0.133 e. The summed E-state index contributed by atoms with van der Waals surface area (Å²) < 4.78 is 19.4. The molecule has 2 aromatic rings. The first kappa shape index (κ1) is 16.2. The third-order valence-corrected chi connectivity index (χ3v) is 4.20. The second-order valence-corrected chi connectivity index (χ2v) is 5.81. The third-order valence-electron chi connectivity index (χ3n) is 3.21. The zero-order chi connectivity index (χ0) is 15.4. The summed E-state index contributed by atoms with van der Waals surface area (Å²) in [6, 6.07) is 9.77. The molecule has 0 radical (unpaired) electrons. The number of halogens is 3. The number of ether oxygens (including phenoxy) is 1. The highest BCUT2D eigenvalue weighted by Crippen LogP contribution is 2.30. The van der Waals surface area contributed by atoms with E-state index in [9.17, 15) is 4.39 Å². The topological polar surface area (TPSA) is 47.3 Å². The molecule has 112 valence electrons. The Morgan fingerprint density at radius 3 is 2.71 bits per heavy atom. The van der Waals surface area contributed by atoms with Gasteiger partial charge in [0, 0.05) is 5.02 Å². The van der Waals surface area contributed by atoms with Crippen LogP contribution in [0.5, 0.6) is 5.75 Å². The molecule has 2 aromatic carbocycles. The van der Waals surface area contributed by atoms with E-state index in [1.54, 1.807) is 13.2 Å². The van der Waals surface area contributed by atoms with Crippen molar-refractivity contribution in [3.8, 4) is 5.75 Å². The first-order valence-corrected chi connectivity index (χ1v) is 7.45. The Hall–Kier alpha value is -1.14. The molecule has 2 rings (SSSR count). The summed E-state index contributed by atoms with van der Waals surface area (Å²) in [6.45, 7) is 0. The molecule has 0 bridgehead atoms. The largest absolute Gasteiger partial charge is 0.496 e. The van der Waals surface area contributed by atoms with Crippen molar-refractivity contribution in [3.05, 3.63) is 62.8 Å². The highest BCUT2D eigenvalue weighted by atomic mass is 79.9. The van der Waals surface area contributed by atoms with Gasteiger partial charge in [0.1, 0.15) is 11.6 Å². The Bertz CT molecular complexity index is 639. The molecule has 0 aromatic heterocycles. The fourth-order valence-corrected chi connectivity index (χ4v) is 2.85. The molecule has 21 heavy (non-hydrogen) atoms. The molecule has 0 amide bonds. The van der Waals surface area contributed by atoms with Crippen molar-refractivity contribution in [2.24, 2.45) is 5.84 Å². The average Bonchev–Trinajstić information content (AvgIpc) is 2.48. The maximum absolute atomic E-state index is 13.3. The van der Waals surface area contributed by atoms with Crippen LogP contribution >= 0.6 is 27.5 Å². The summed E-state index contributed by atoms with van der Waals surface area (Å²) in [6.07, 6.45) is 0.478. The van der Waals surface area contributed by atoms with Crippen LogP contribution in [0.2, 0.25) is 5.02 Å². The van der Waals surface area contributed by atoms with Crippen molar-refractivity contribution in [3.63, 3.8) is 0 Å². The van der Waals surface area contributed by atoms with Crippen LogP contribution in [0.15, 0.2) is 40.9 Å². The van der Waals surface area contributed by atoms with Gasteiger partial charge in [-0.2, -0.15) is 0 Å². The van der Waals surface area contributed by atoms with Crippen LogP contribution in [0.1, 0.15) is 17.2 Å². The van der Waals surface area contributed by atoms with Crippen LogP contribution < -0.4 is 16.0 Å². The lowest BCUT2D eigenvalue weighted by molar-refractivity contribution is 0.411. The number of nitrogens with two attached hydrogens (primary N) is 1. The van der Waals surface area contributed by atoms with Crippen molar-refractivity contribution in [1.82, 2.24) is 5.43 Å². The SMILES string of the molecule is COc1ccc(C(Cc2cc(F)ccc2Cl)NN)cc1Br. The van der Waals surface area contributed by atoms with E-state index >= 15 is 0 Å². The first-order valence-electron chi connectivity index (χ1n) is 6.28. The van der Waals surface area contributed by atoms with Crippen LogP contribution in [-0.2, 0) is 6.42 Å². The minimum absolute atomic E-state index is 0.188. The van der Waals surface area contributed by atoms with Crippen molar-refractivity contribution in [2.75, 3.05) is 7.11 Å². The standard InChI is InChI=1S/C15H15BrClFN2O/c1-21-15-5-2-9(7-12(15)16)14(20-19)8-10-6-11(18)3-4-13(10)17/h2-7,14,20H,8,19H2,1H3. The molecule has 0 aliphatic heterocycles. The van der Waals surface area contributed by atoms with Gasteiger partial charge < -0.3 is 4.74 Å². The average molecular weight is 374 g/mol. The highest BCUT2D eigenvalue weighted by molar-refractivity contribution is 9.10. The molecule has 0 heterocycles. The molecular weight excluding hydrogens is 359 g/mol. The minimum Gasteiger partial charge on any atom is -0.496 e. The Morgan fingerprint density at radius 2 is 2.10 bits per heavy atom. The number of hydrazine groups is 1. The van der Waals surface area contributed by atoms with Crippen LogP contribution in [0.25, 0.3) is 0 Å². The number of nitrogens with one attached hydrogen (secondary N) is 1. The van der Waals surface area contributed by atoms with Crippen LogP contribution in [0.4, 0.5) is 4.39 Å². The van der Waals surface area contributed by atoms with Crippen LogP contribution in [0.3, 0.4) is 0 Å². The predicted octanol–water partition coefficient (Wildman–Crippen LogP) is 4.00. The second-order valence-electron chi connectivity index (χ2n) is 4.55. The van der Waals surface area contributed by atoms with E-state index in [1.807, 2.05) is 18.2 Å². The van der Waals surface area contributed by atoms with E-state index in [-0.39, 0.29) is 11.9 Å². The summed E-state index contributed by atoms with van der Waals surface area (Å²) in [4.78, 5) is 0. The van der Waals surface area contributed by atoms with Crippen LogP contribution in [-0.4, -0.2) is 7.11 Å². The van der Waals surface area contributed by atoms with E-state index in [0.717, 1.165) is 15.8 Å². The minimum atomic E-state index is -0.318. The van der Waals surface area contributed by atoms with E-state index < -0.39 is 0 Å². The lowest BCUT2D eigenvalue weighted by atomic mass is 9.99. The van der Waals surface area contributed by atoms with Gasteiger partial charge in [0.25, 0.3) is 0 Å². The summed E-state index contributed by atoms with van der Waals surface area (Å²) in [5.74, 6) is 6.04. The second kappa shape index (κ2) is 7.22. The van der Waals surface area contributed by atoms with Gasteiger partial charge in [-0.25, -0.2) is 4.39 Å². The lowest BCUT2D eigenvalue weighted by Crippen LogP contribution is -2.29. The van der Waals surface area contributed by atoms with Crippen molar-refractivity contribution in [1.29, 1.82) is 0 Å². The summed E-state index contributed by atoms with van der Waals surface area (Å²) in [5.41, 5.74) is 4.39. The number of hydrogen-bond acceptors (Lipinski definition) is 3. The first-order chi connectivity index (χ1) is 10.0. The molecule has 0 saturated carbocycles. The smallest absolute Gasteiger partial charge is 0.133 e. The molecule has 0 spiro atoms. The molecule has 0 fully saturated rings.